The molecule has 26 heavy (non-hydrogen) atoms. The minimum absolute atomic E-state index is 0.0462. The summed E-state index contributed by atoms with van der Waals surface area (Å²) in [6.45, 7) is 6.64. The van der Waals surface area contributed by atoms with Gasteiger partial charge in [-0.2, -0.15) is 0 Å². The molecule has 0 fully saturated rings. The van der Waals surface area contributed by atoms with Gasteiger partial charge in [-0.25, -0.2) is 0 Å². The molecule has 0 bridgehead atoms. The van der Waals surface area contributed by atoms with Crippen LogP contribution in [0.3, 0.4) is 0 Å². The van der Waals surface area contributed by atoms with Gasteiger partial charge >= 0.3 is 0 Å². The number of benzene rings is 2. The Morgan fingerprint density at radius 2 is 1.81 bits per heavy atom. The first-order valence-electron chi connectivity index (χ1n) is 8.87. The van der Waals surface area contributed by atoms with Crippen LogP contribution in [0.15, 0.2) is 48.5 Å². The molecule has 0 saturated carbocycles. The van der Waals surface area contributed by atoms with E-state index in [1.165, 1.54) is 0 Å². The highest BCUT2D eigenvalue weighted by Gasteiger charge is 2.25. The fourth-order valence-corrected chi connectivity index (χ4v) is 2.73. The van der Waals surface area contributed by atoms with Crippen molar-refractivity contribution in [3.8, 4) is 5.75 Å². The average molecular weight is 352 g/mol. The zero-order valence-electron chi connectivity index (χ0n) is 15.4. The van der Waals surface area contributed by atoms with Crippen LogP contribution in [0.4, 0.5) is 5.69 Å². The Labute approximate surface area is 154 Å². The Morgan fingerprint density at radius 3 is 2.50 bits per heavy atom. The first-order chi connectivity index (χ1) is 12.5. The lowest BCUT2D eigenvalue weighted by atomic mass is 10.1. The minimum Gasteiger partial charge on any atom is -0.482 e. The van der Waals surface area contributed by atoms with Crippen molar-refractivity contribution in [2.24, 2.45) is 5.92 Å². The van der Waals surface area contributed by atoms with Gasteiger partial charge in [-0.3, -0.25) is 9.59 Å². The van der Waals surface area contributed by atoms with Crippen molar-refractivity contribution in [2.75, 3.05) is 11.5 Å². The molecule has 136 valence electrons. The zero-order valence-corrected chi connectivity index (χ0v) is 15.4. The molecule has 1 aliphatic rings. The number of nitrogens with zero attached hydrogens (tertiary/aromatic N) is 1. The van der Waals surface area contributed by atoms with Gasteiger partial charge in [0.05, 0.1) is 12.2 Å². The molecule has 0 radical (unpaired) electrons. The topological polar surface area (TPSA) is 58.6 Å². The second-order valence-corrected chi connectivity index (χ2v) is 6.94. The molecule has 1 N–H and O–H groups in total. The molecule has 2 amide bonds. The van der Waals surface area contributed by atoms with E-state index in [2.05, 4.69) is 19.2 Å². The van der Waals surface area contributed by atoms with Crippen molar-refractivity contribution in [2.45, 2.75) is 33.4 Å². The van der Waals surface area contributed by atoms with E-state index in [9.17, 15) is 9.59 Å². The van der Waals surface area contributed by atoms with Crippen molar-refractivity contribution >= 4 is 17.5 Å². The van der Waals surface area contributed by atoms with Gasteiger partial charge in [0.1, 0.15) is 5.75 Å². The van der Waals surface area contributed by atoms with E-state index in [0.29, 0.717) is 23.8 Å². The van der Waals surface area contributed by atoms with Crippen LogP contribution < -0.4 is 15.0 Å². The molecule has 0 unspecified atom stereocenters. The van der Waals surface area contributed by atoms with Crippen LogP contribution in [0.2, 0.25) is 0 Å². The minimum atomic E-state index is -0.0782. The van der Waals surface area contributed by atoms with Gasteiger partial charge in [0.2, 0.25) is 0 Å². The molecule has 2 aromatic rings. The summed E-state index contributed by atoms with van der Waals surface area (Å²) in [5, 5.41) is 3.00. The van der Waals surface area contributed by atoms with Crippen LogP contribution in [0.5, 0.6) is 5.75 Å². The Balaban J connectivity index is 1.72. The van der Waals surface area contributed by atoms with Gasteiger partial charge in [-0.05, 0) is 42.7 Å². The van der Waals surface area contributed by atoms with E-state index in [1.807, 2.05) is 43.3 Å². The molecule has 2 aromatic carbocycles. The molecule has 0 spiro atoms. The molecule has 0 saturated heterocycles. The van der Waals surface area contributed by atoms with Crippen molar-refractivity contribution < 1.29 is 14.3 Å². The monoisotopic (exact) mass is 352 g/mol. The maximum Gasteiger partial charge on any atom is 0.265 e. The van der Waals surface area contributed by atoms with Crippen LogP contribution in [-0.4, -0.2) is 24.5 Å². The quantitative estimate of drug-likeness (QED) is 0.897. The van der Waals surface area contributed by atoms with E-state index < -0.39 is 0 Å². The fraction of sp³-hybridized carbons (Fsp3) is 0.333. The van der Waals surface area contributed by atoms with Crippen molar-refractivity contribution in [3.05, 3.63) is 59.7 Å². The van der Waals surface area contributed by atoms with Crippen molar-refractivity contribution in [1.29, 1.82) is 0 Å². The lowest BCUT2D eigenvalue weighted by Gasteiger charge is -2.29. The van der Waals surface area contributed by atoms with E-state index in [-0.39, 0.29) is 24.5 Å². The van der Waals surface area contributed by atoms with E-state index in [4.69, 9.17) is 4.74 Å². The van der Waals surface area contributed by atoms with Crippen molar-refractivity contribution in [3.63, 3.8) is 0 Å². The van der Waals surface area contributed by atoms with Crippen LogP contribution >= 0.6 is 0 Å². The van der Waals surface area contributed by atoms with Gasteiger partial charge in [0, 0.05) is 11.6 Å². The zero-order chi connectivity index (χ0) is 18.7. The number of rotatable bonds is 5. The standard InChI is InChI=1S/C21H24N2O3/c1-14(2)15(3)22-21(25)17-10-8-16(9-11-17)12-23-18-6-4-5-7-19(18)26-13-20(23)24/h4-11,14-15H,12-13H2,1-3H3,(H,22,25)/t15-/m1/s1. The van der Waals surface area contributed by atoms with Gasteiger partial charge in [-0.15, -0.1) is 0 Å². The highest BCUT2D eigenvalue weighted by Crippen LogP contribution is 2.32. The number of nitrogens with one attached hydrogen (secondary N) is 1. The second kappa shape index (κ2) is 7.60. The Kier molecular flexibility index (Phi) is 5.26. The number of hydrogen-bond donors (Lipinski definition) is 1. The maximum absolute atomic E-state index is 12.3. The highest BCUT2D eigenvalue weighted by atomic mass is 16.5. The number of carbonyl (C=O) groups is 2. The highest BCUT2D eigenvalue weighted by molar-refractivity contribution is 5.98. The number of carbonyl (C=O) groups excluding carboxylic acids is 2. The Hall–Kier alpha value is -2.82. The number of ether oxygens (including phenoxy) is 1. The molecule has 1 aliphatic heterocycles. The van der Waals surface area contributed by atoms with Crippen molar-refractivity contribution in [1.82, 2.24) is 5.32 Å². The molecule has 5 nitrogen and oxygen atoms in total. The molecular weight excluding hydrogens is 328 g/mol. The third-order valence-electron chi connectivity index (χ3n) is 4.72. The summed E-state index contributed by atoms with van der Waals surface area (Å²) in [4.78, 5) is 26.3. The largest absolute Gasteiger partial charge is 0.482 e. The van der Waals surface area contributed by atoms with Gasteiger partial charge in [0.15, 0.2) is 6.61 Å². The summed E-state index contributed by atoms with van der Waals surface area (Å²) in [5.74, 6) is 0.943. The predicted molar refractivity (Wildman–Crippen MR) is 101 cm³/mol. The second-order valence-electron chi connectivity index (χ2n) is 6.94. The smallest absolute Gasteiger partial charge is 0.265 e. The fourth-order valence-electron chi connectivity index (χ4n) is 2.73. The van der Waals surface area contributed by atoms with E-state index in [1.54, 1.807) is 17.0 Å². The van der Waals surface area contributed by atoms with Crippen LogP contribution in [-0.2, 0) is 11.3 Å². The third kappa shape index (κ3) is 3.87. The molecular formula is C21H24N2O3. The van der Waals surface area contributed by atoms with E-state index in [0.717, 1.165) is 11.3 Å². The first-order valence-corrected chi connectivity index (χ1v) is 8.87. The number of hydrogen-bond acceptors (Lipinski definition) is 3. The summed E-state index contributed by atoms with van der Waals surface area (Å²) in [6.07, 6.45) is 0. The molecule has 0 aliphatic carbocycles. The lowest BCUT2D eigenvalue weighted by molar-refractivity contribution is -0.121. The average Bonchev–Trinajstić information content (AvgIpc) is 2.64. The number of anilines is 1. The van der Waals surface area contributed by atoms with Crippen LogP contribution in [0, 0.1) is 5.92 Å². The number of fused-ring (bicyclic) bond motifs is 1. The predicted octanol–water partition coefficient (Wildman–Crippen LogP) is 3.39. The summed E-state index contributed by atoms with van der Waals surface area (Å²) < 4.78 is 5.47. The first kappa shape index (κ1) is 18.0. The molecule has 5 heteroatoms. The Morgan fingerprint density at radius 1 is 1.12 bits per heavy atom. The summed E-state index contributed by atoms with van der Waals surface area (Å²) in [6, 6.07) is 15.0. The van der Waals surface area contributed by atoms with Crippen LogP contribution in [0.1, 0.15) is 36.7 Å². The summed E-state index contributed by atoms with van der Waals surface area (Å²) in [7, 11) is 0. The Bertz CT molecular complexity index is 799. The SMILES string of the molecule is CC(C)[C@@H](C)NC(=O)c1ccc(CN2C(=O)COc3ccccc32)cc1. The van der Waals surface area contributed by atoms with Gasteiger partial charge in [0.25, 0.3) is 11.8 Å². The summed E-state index contributed by atoms with van der Waals surface area (Å²) >= 11 is 0. The molecule has 1 heterocycles. The third-order valence-corrected chi connectivity index (χ3v) is 4.72. The molecule has 0 aromatic heterocycles. The normalized spacial score (nSPS) is 14.6. The molecule has 3 rings (SSSR count). The van der Waals surface area contributed by atoms with E-state index >= 15 is 0 Å². The van der Waals surface area contributed by atoms with Gasteiger partial charge < -0.3 is 15.0 Å². The number of para-hydroxylation sites is 2. The maximum atomic E-state index is 12.3. The van der Waals surface area contributed by atoms with Crippen LogP contribution in [0.25, 0.3) is 0 Å². The van der Waals surface area contributed by atoms with Gasteiger partial charge in [-0.1, -0.05) is 38.1 Å². The summed E-state index contributed by atoms with van der Waals surface area (Å²) in [5.41, 5.74) is 2.36. The lowest BCUT2D eigenvalue weighted by Crippen LogP contribution is -2.38. The molecule has 1 atom stereocenters. The number of amides is 2.